The Balaban J connectivity index is 3.68. The topological polar surface area (TPSA) is 55.4 Å². The second-order valence-electron chi connectivity index (χ2n) is 3.80. The SMILES string of the molecule is CCCCCOC(=O)C(CC)CCN[C]=O. The summed E-state index contributed by atoms with van der Waals surface area (Å²) in [6.45, 7) is 5.04. The van der Waals surface area contributed by atoms with Crippen LogP contribution in [0, 0.1) is 5.92 Å². The molecule has 1 unspecified atom stereocenters. The van der Waals surface area contributed by atoms with Crippen molar-refractivity contribution in [1.82, 2.24) is 5.32 Å². The van der Waals surface area contributed by atoms with Crippen molar-refractivity contribution in [2.45, 2.75) is 46.0 Å². The summed E-state index contributed by atoms with van der Waals surface area (Å²) in [5, 5.41) is 2.43. The molecule has 4 heteroatoms. The van der Waals surface area contributed by atoms with E-state index in [-0.39, 0.29) is 11.9 Å². The number of carbonyl (C=O) groups is 1. The van der Waals surface area contributed by atoms with Crippen LogP contribution in [0.3, 0.4) is 0 Å². The van der Waals surface area contributed by atoms with Gasteiger partial charge in [-0.15, -0.1) is 0 Å². The highest BCUT2D eigenvalue weighted by molar-refractivity contribution is 5.72. The average molecular weight is 228 g/mol. The number of amides is 1. The molecule has 0 fully saturated rings. The normalized spacial score (nSPS) is 11.9. The second-order valence-corrected chi connectivity index (χ2v) is 3.80. The lowest BCUT2D eigenvalue weighted by Gasteiger charge is -2.13. The zero-order valence-electron chi connectivity index (χ0n) is 10.3. The molecule has 0 aliphatic rings. The number of unbranched alkanes of at least 4 members (excludes halogenated alkanes) is 2. The minimum absolute atomic E-state index is 0.109. The Bertz CT molecular complexity index is 195. The van der Waals surface area contributed by atoms with Gasteiger partial charge in [0.25, 0.3) is 0 Å². The predicted octanol–water partition coefficient (Wildman–Crippen LogP) is 1.79. The van der Waals surface area contributed by atoms with Crippen LogP contribution >= 0.6 is 0 Å². The van der Waals surface area contributed by atoms with E-state index in [4.69, 9.17) is 4.74 Å². The van der Waals surface area contributed by atoms with E-state index in [1.807, 2.05) is 6.92 Å². The molecule has 0 bridgehead atoms. The van der Waals surface area contributed by atoms with E-state index >= 15 is 0 Å². The zero-order valence-corrected chi connectivity index (χ0v) is 10.3. The van der Waals surface area contributed by atoms with Crippen molar-refractivity contribution in [2.24, 2.45) is 5.92 Å². The summed E-state index contributed by atoms with van der Waals surface area (Å²) in [6, 6.07) is 0. The monoisotopic (exact) mass is 228 g/mol. The van der Waals surface area contributed by atoms with Crippen molar-refractivity contribution in [3.8, 4) is 0 Å². The molecule has 1 radical (unpaired) electrons. The van der Waals surface area contributed by atoms with Gasteiger partial charge in [-0.05, 0) is 19.3 Å². The lowest BCUT2D eigenvalue weighted by atomic mass is 10.0. The number of nitrogens with one attached hydrogen (secondary N) is 1. The molecule has 0 saturated heterocycles. The molecule has 16 heavy (non-hydrogen) atoms. The quantitative estimate of drug-likeness (QED) is 0.352. The fourth-order valence-corrected chi connectivity index (χ4v) is 1.43. The summed E-state index contributed by atoms with van der Waals surface area (Å²) in [5.41, 5.74) is 0. The molecule has 0 spiro atoms. The maximum absolute atomic E-state index is 11.6. The van der Waals surface area contributed by atoms with Crippen molar-refractivity contribution >= 4 is 12.4 Å². The fraction of sp³-hybridized carbons (Fsp3) is 0.833. The highest BCUT2D eigenvalue weighted by atomic mass is 16.5. The standard InChI is InChI=1S/C12H22NO3/c1-3-5-6-9-16-12(15)11(4-2)7-8-13-10-14/h11H,3-9H2,1-2H3,(H,13,14). The smallest absolute Gasteiger partial charge is 0.309 e. The third-order valence-corrected chi connectivity index (χ3v) is 2.51. The first-order valence-electron chi connectivity index (χ1n) is 6.02. The maximum Gasteiger partial charge on any atom is 0.309 e. The summed E-state index contributed by atoms with van der Waals surface area (Å²) in [5.74, 6) is -0.256. The zero-order chi connectivity index (χ0) is 12.2. The Kier molecular flexibility index (Phi) is 9.76. The van der Waals surface area contributed by atoms with Gasteiger partial charge in [0.15, 0.2) is 0 Å². The second kappa shape index (κ2) is 10.5. The molecule has 0 aliphatic heterocycles. The molecule has 93 valence electrons. The molecule has 0 aromatic carbocycles. The molecular weight excluding hydrogens is 206 g/mol. The van der Waals surface area contributed by atoms with Gasteiger partial charge in [0, 0.05) is 6.54 Å². The van der Waals surface area contributed by atoms with Crippen LogP contribution in [-0.4, -0.2) is 25.5 Å². The highest BCUT2D eigenvalue weighted by Crippen LogP contribution is 2.10. The van der Waals surface area contributed by atoms with Crippen LogP contribution in [0.2, 0.25) is 0 Å². The minimum atomic E-state index is -0.147. The molecule has 0 aliphatic carbocycles. The predicted molar refractivity (Wildman–Crippen MR) is 62.6 cm³/mol. The van der Waals surface area contributed by atoms with Gasteiger partial charge in [-0.3, -0.25) is 9.59 Å². The van der Waals surface area contributed by atoms with Crippen LogP contribution < -0.4 is 5.32 Å². The Morgan fingerprint density at radius 2 is 2.12 bits per heavy atom. The lowest BCUT2D eigenvalue weighted by molar-refractivity contribution is -0.149. The van der Waals surface area contributed by atoms with Gasteiger partial charge in [-0.1, -0.05) is 26.7 Å². The molecule has 0 heterocycles. The van der Waals surface area contributed by atoms with E-state index in [0.717, 1.165) is 25.7 Å². The Morgan fingerprint density at radius 3 is 2.69 bits per heavy atom. The van der Waals surface area contributed by atoms with Gasteiger partial charge >= 0.3 is 12.4 Å². The van der Waals surface area contributed by atoms with Gasteiger partial charge < -0.3 is 10.1 Å². The molecule has 1 atom stereocenters. The summed E-state index contributed by atoms with van der Waals surface area (Å²) in [6.07, 6.45) is 6.10. The minimum Gasteiger partial charge on any atom is -0.465 e. The van der Waals surface area contributed by atoms with Crippen molar-refractivity contribution in [1.29, 1.82) is 0 Å². The summed E-state index contributed by atoms with van der Waals surface area (Å²) in [7, 11) is 0. The van der Waals surface area contributed by atoms with Crippen molar-refractivity contribution in [3.63, 3.8) is 0 Å². The summed E-state index contributed by atoms with van der Waals surface area (Å²) in [4.78, 5) is 21.5. The van der Waals surface area contributed by atoms with E-state index in [2.05, 4.69) is 12.2 Å². The summed E-state index contributed by atoms with van der Waals surface area (Å²) < 4.78 is 5.16. The van der Waals surface area contributed by atoms with Crippen LogP contribution in [0.1, 0.15) is 46.0 Å². The van der Waals surface area contributed by atoms with Crippen LogP contribution in [-0.2, 0) is 14.3 Å². The first-order chi connectivity index (χ1) is 7.76. The van der Waals surface area contributed by atoms with Crippen LogP contribution in [0.15, 0.2) is 0 Å². The molecule has 0 aromatic rings. The van der Waals surface area contributed by atoms with Gasteiger partial charge in [0.1, 0.15) is 0 Å². The number of hydrogen-bond acceptors (Lipinski definition) is 3. The first kappa shape index (κ1) is 14.9. The molecule has 4 nitrogen and oxygen atoms in total. The molecule has 1 amide bonds. The largest absolute Gasteiger partial charge is 0.465 e. The number of carbonyl (C=O) groups excluding carboxylic acids is 2. The lowest BCUT2D eigenvalue weighted by Crippen LogP contribution is -2.23. The van der Waals surface area contributed by atoms with E-state index in [0.29, 0.717) is 19.6 Å². The van der Waals surface area contributed by atoms with Gasteiger partial charge in [-0.2, -0.15) is 0 Å². The first-order valence-corrected chi connectivity index (χ1v) is 6.02. The summed E-state index contributed by atoms with van der Waals surface area (Å²) >= 11 is 0. The van der Waals surface area contributed by atoms with Gasteiger partial charge in [-0.25, -0.2) is 0 Å². The van der Waals surface area contributed by atoms with Crippen molar-refractivity contribution in [3.05, 3.63) is 0 Å². The van der Waals surface area contributed by atoms with Crippen molar-refractivity contribution in [2.75, 3.05) is 13.2 Å². The van der Waals surface area contributed by atoms with E-state index in [1.165, 1.54) is 0 Å². The molecule has 0 saturated carbocycles. The van der Waals surface area contributed by atoms with E-state index in [9.17, 15) is 9.59 Å². The fourth-order valence-electron chi connectivity index (χ4n) is 1.43. The number of rotatable bonds is 10. The maximum atomic E-state index is 11.6. The third kappa shape index (κ3) is 7.26. The van der Waals surface area contributed by atoms with Crippen LogP contribution in [0.5, 0.6) is 0 Å². The van der Waals surface area contributed by atoms with Crippen molar-refractivity contribution < 1.29 is 14.3 Å². The Hall–Kier alpha value is -1.06. The molecular formula is C12H22NO3. The highest BCUT2D eigenvalue weighted by Gasteiger charge is 2.17. The molecule has 1 N–H and O–H groups in total. The van der Waals surface area contributed by atoms with E-state index in [1.54, 1.807) is 6.41 Å². The molecule has 0 rings (SSSR count). The van der Waals surface area contributed by atoms with Crippen LogP contribution in [0.4, 0.5) is 0 Å². The van der Waals surface area contributed by atoms with E-state index < -0.39 is 0 Å². The van der Waals surface area contributed by atoms with Gasteiger partial charge in [0.05, 0.1) is 12.5 Å². The number of hydrogen-bond donors (Lipinski definition) is 1. The average Bonchev–Trinajstić information content (AvgIpc) is 2.30. The Morgan fingerprint density at radius 1 is 1.38 bits per heavy atom. The van der Waals surface area contributed by atoms with Crippen LogP contribution in [0.25, 0.3) is 0 Å². The number of esters is 1. The molecule has 0 aromatic heterocycles. The van der Waals surface area contributed by atoms with Gasteiger partial charge in [0.2, 0.25) is 0 Å². The third-order valence-electron chi connectivity index (χ3n) is 2.51. The Labute approximate surface area is 97.7 Å². The number of ether oxygens (including phenoxy) is 1.